The Bertz CT molecular complexity index is 333. The fourth-order valence-electron chi connectivity index (χ4n) is 0.904. The van der Waals surface area contributed by atoms with Crippen molar-refractivity contribution in [2.75, 3.05) is 7.11 Å². The SMILES string of the molecule is COc1ccc(OC(=O)C(C)(C)C)cc1. The molecule has 82 valence electrons. The third kappa shape index (κ3) is 3.27. The molecule has 1 rings (SSSR count). The van der Waals surface area contributed by atoms with Crippen molar-refractivity contribution in [3.05, 3.63) is 24.3 Å². The lowest BCUT2D eigenvalue weighted by Crippen LogP contribution is -2.25. The molecule has 0 N–H and O–H groups in total. The second-order valence-corrected chi connectivity index (χ2v) is 4.32. The first-order valence-electron chi connectivity index (χ1n) is 4.80. The van der Waals surface area contributed by atoms with Gasteiger partial charge in [-0.2, -0.15) is 0 Å². The molecule has 0 bridgehead atoms. The lowest BCUT2D eigenvalue weighted by molar-refractivity contribution is -0.142. The van der Waals surface area contributed by atoms with E-state index in [-0.39, 0.29) is 5.97 Å². The van der Waals surface area contributed by atoms with Gasteiger partial charge >= 0.3 is 5.97 Å². The van der Waals surface area contributed by atoms with E-state index >= 15 is 0 Å². The summed E-state index contributed by atoms with van der Waals surface area (Å²) in [6.45, 7) is 5.45. The first-order chi connectivity index (χ1) is 6.93. The average molecular weight is 208 g/mol. The number of esters is 1. The molecule has 15 heavy (non-hydrogen) atoms. The number of carbonyl (C=O) groups excluding carboxylic acids is 1. The maximum absolute atomic E-state index is 11.5. The van der Waals surface area contributed by atoms with E-state index < -0.39 is 5.41 Å². The smallest absolute Gasteiger partial charge is 0.316 e. The fraction of sp³-hybridized carbons (Fsp3) is 0.417. The van der Waals surface area contributed by atoms with Crippen LogP contribution in [0.1, 0.15) is 20.8 Å². The minimum atomic E-state index is -0.486. The number of rotatable bonds is 2. The Morgan fingerprint density at radius 3 is 1.93 bits per heavy atom. The largest absolute Gasteiger partial charge is 0.497 e. The molecule has 0 amide bonds. The van der Waals surface area contributed by atoms with Crippen LogP contribution >= 0.6 is 0 Å². The Labute approximate surface area is 90.0 Å². The van der Waals surface area contributed by atoms with Gasteiger partial charge in [-0.3, -0.25) is 4.79 Å². The van der Waals surface area contributed by atoms with Gasteiger partial charge in [-0.15, -0.1) is 0 Å². The number of methoxy groups -OCH3 is 1. The average Bonchev–Trinajstić information content (AvgIpc) is 2.17. The molecule has 0 aliphatic carbocycles. The molecule has 3 heteroatoms. The van der Waals surface area contributed by atoms with Crippen LogP contribution in [0, 0.1) is 5.41 Å². The first-order valence-corrected chi connectivity index (χ1v) is 4.80. The molecule has 0 fully saturated rings. The van der Waals surface area contributed by atoms with Crippen LogP contribution in [0.5, 0.6) is 11.5 Å². The van der Waals surface area contributed by atoms with E-state index in [4.69, 9.17) is 9.47 Å². The van der Waals surface area contributed by atoms with E-state index in [0.717, 1.165) is 5.75 Å². The minimum absolute atomic E-state index is 0.243. The summed E-state index contributed by atoms with van der Waals surface area (Å²) in [5.41, 5.74) is -0.486. The molecule has 1 aromatic rings. The maximum atomic E-state index is 11.5. The highest BCUT2D eigenvalue weighted by Crippen LogP contribution is 2.21. The maximum Gasteiger partial charge on any atom is 0.316 e. The number of hydrogen-bond donors (Lipinski definition) is 0. The highest BCUT2D eigenvalue weighted by molar-refractivity contribution is 5.77. The van der Waals surface area contributed by atoms with Crippen molar-refractivity contribution in [2.45, 2.75) is 20.8 Å². The molecular weight excluding hydrogens is 192 g/mol. The van der Waals surface area contributed by atoms with Gasteiger partial charge in [-0.05, 0) is 45.0 Å². The minimum Gasteiger partial charge on any atom is -0.497 e. The van der Waals surface area contributed by atoms with Crippen molar-refractivity contribution in [3.8, 4) is 11.5 Å². The summed E-state index contributed by atoms with van der Waals surface area (Å²) < 4.78 is 10.2. The lowest BCUT2D eigenvalue weighted by atomic mass is 9.97. The zero-order valence-electron chi connectivity index (χ0n) is 9.53. The van der Waals surface area contributed by atoms with Crippen LogP contribution in [0.25, 0.3) is 0 Å². The van der Waals surface area contributed by atoms with Gasteiger partial charge in [0.05, 0.1) is 12.5 Å². The summed E-state index contributed by atoms with van der Waals surface area (Å²) >= 11 is 0. The summed E-state index contributed by atoms with van der Waals surface area (Å²) in [5.74, 6) is 1.04. The van der Waals surface area contributed by atoms with Crippen molar-refractivity contribution >= 4 is 5.97 Å². The summed E-state index contributed by atoms with van der Waals surface area (Å²) in [5, 5.41) is 0. The van der Waals surface area contributed by atoms with Crippen LogP contribution in [-0.4, -0.2) is 13.1 Å². The second-order valence-electron chi connectivity index (χ2n) is 4.32. The molecule has 0 aliphatic heterocycles. The third-order valence-electron chi connectivity index (χ3n) is 1.88. The lowest BCUT2D eigenvalue weighted by Gasteiger charge is -2.16. The summed E-state index contributed by atoms with van der Waals surface area (Å²) in [7, 11) is 1.59. The Balaban J connectivity index is 2.70. The van der Waals surface area contributed by atoms with Crippen LogP contribution in [-0.2, 0) is 4.79 Å². The predicted octanol–water partition coefficient (Wildman–Crippen LogP) is 2.65. The quantitative estimate of drug-likeness (QED) is 0.553. The molecule has 0 heterocycles. The fourth-order valence-corrected chi connectivity index (χ4v) is 0.904. The van der Waals surface area contributed by atoms with Gasteiger partial charge < -0.3 is 9.47 Å². The zero-order chi connectivity index (χ0) is 11.5. The molecule has 0 saturated heterocycles. The van der Waals surface area contributed by atoms with Crippen LogP contribution in [0.15, 0.2) is 24.3 Å². The van der Waals surface area contributed by atoms with Gasteiger partial charge in [0.2, 0.25) is 0 Å². The Morgan fingerprint density at radius 2 is 1.53 bits per heavy atom. The van der Waals surface area contributed by atoms with E-state index in [1.807, 2.05) is 20.8 Å². The van der Waals surface area contributed by atoms with Gasteiger partial charge in [0.1, 0.15) is 11.5 Å². The van der Waals surface area contributed by atoms with Crippen molar-refractivity contribution in [1.82, 2.24) is 0 Å². The van der Waals surface area contributed by atoms with E-state index in [1.165, 1.54) is 0 Å². The second kappa shape index (κ2) is 4.34. The Morgan fingerprint density at radius 1 is 1.07 bits per heavy atom. The van der Waals surface area contributed by atoms with Crippen LogP contribution in [0.4, 0.5) is 0 Å². The number of ether oxygens (including phenoxy) is 2. The Kier molecular flexibility index (Phi) is 3.35. The Hall–Kier alpha value is -1.51. The summed E-state index contributed by atoms with van der Waals surface area (Å²) in [4.78, 5) is 11.5. The molecular formula is C12H16O3. The molecule has 0 aromatic heterocycles. The molecule has 0 aliphatic rings. The number of carbonyl (C=O) groups is 1. The monoisotopic (exact) mass is 208 g/mol. The van der Waals surface area contributed by atoms with E-state index in [0.29, 0.717) is 5.75 Å². The van der Waals surface area contributed by atoms with Crippen LogP contribution in [0.3, 0.4) is 0 Å². The zero-order valence-corrected chi connectivity index (χ0v) is 9.53. The first kappa shape index (κ1) is 11.6. The third-order valence-corrected chi connectivity index (χ3v) is 1.88. The van der Waals surface area contributed by atoms with Crippen molar-refractivity contribution in [3.63, 3.8) is 0 Å². The van der Waals surface area contributed by atoms with E-state index in [1.54, 1.807) is 31.4 Å². The van der Waals surface area contributed by atoms with Crippen LogP contribution in [0.2, 0.25) is 0 Å². The highest BCUT2D eigenvalue weighted by atomic mass is 16.5. The molecule has 0 saturated carbocycles. The molecule has 1 aromatic carbocycles. The predicted molar refractivity (Wildman–Crippen MR) is 58.1 cm³/mol. The standard InChI is InChI=1S/C12H16O3/c1-12(2,3)11(13)15-10-7-5-9(14-4)6-8-10/h5-8H,1-4H3. The van der Waals surface area contributed by atoms with Gasteiger partial charge in [-0.1, -0.05) is 0 Å². The normalized spacial score (nSPS) is 10.9. The molecule has 0 unspecified atom stereocenters. The van der Waals surface area contributed by atoms with Crippen LogP contribution < -0.4 is 9.47 Å². The number of hydrogen-bond acceptors (Lipinski definition) is 3. The van der Waals surface area contributed by atoms with Gasteiger partial charge in [-0.25, -0.2) is 0 Å². The van der Waals surface area contributed by atoms with Crippen molar-refractivity contribution < 1.29 is 14.3 Å². The molecule has 0 spiro atoms. The summed E-state index contributed by atoms with van der Waals surface area (Å²) in [6, 6.07) is 6.93. The number of benzene rings is 1. The van der Waals surface area contributed by atoms with E-state index in [2.05, 4.69) is 0 Å². The summed E-state index contributed by atoms with van der Waals surface area (Å²) in [6.07, 6.45) is 0. The van der Waals surface area contributed by atoms with E-state index in [9.17, 15) is 4.79 Å². The van der Waals surface area contributed by atoms with Crippen molar-refractivity contribution in [1.29, 1.82) is 0 Å². The topological polar surface area (TPSA) is 35.5 Å². The van der Waals surface area contributed by atoms with Crippen molar-refractivity contribution in [2.24, 2.45) is 5.41 Å². The van der Waals surface area contributed by atoms with Gasteiger partial charge in [0.15, 0.2) is 0 Å². The molecule has 0 atom stereocenters. The van der Waals surface area contributed by atoms with Gasteiger partial charge in [0.25, 0.3) is 0 Å². The van der Waals surface area contributed by atoms with Gasteiger partial charge in [0, 0.05) is 0 Å². The highest BCUT2D eigenvalue weighted by Gasteiger charge is 2.23. The molecule has 0 radical (unpaired) electrons. The molecule has 3 nitrogen and oxygen atoms in total.